The molecule has 0 saturated heterocycles. The standard InChI is InChI=1S/C9H18N2O3/c1-3-7(4-2)11-9(14)10-6-5-8(12)13/h7H,3-6H2,1-2H3,(H,12,13)(H2,10,11,14). The molecule has 0 bridgehead atoms. The largest absolute Gasteiger partial charge is 0.481 e. The fourth-order valence-corrected chi connectivity index (χ4v) is 1.01. The van der Waals surface area contributed by atoms with Gasteiger partial charge in [-0.2, -0.15) is 0 Å². The van der Waals surface area contributed by atoms with E-state index in [-0.39, 0.29) is 25.0 Å². The number of carboxylic acids is 1. The Labute approximate surface area is 83.9 Å². The molecular formula is C9H18N2O3. The zero-order valence-corrected chi connectivity index (χ0v) is 8.67. The van der Waals surface area contributed by atoms with Crippen molar-refractivity contribution in [2.24, 2.45) is 0 Å². The average molecular weight is 202 g/mol. The lowest BCUT2D eigenvalue weighted by Gasteiger charge is -2.14. The summed E-state index contributed by atoms with van der Waals surface area (Å²) in [7, 11) is 0. The van der Waals surface area contributed by atoms with Gasteiger partial charge in [-0.1, -0.05) is 13.8 Å². The van der Waals surface area contributed by atoms with E-state index in [4.69, 9.17) is 5.11 Å². The van der Waals surface area contributed by atoms with Crippen LogP contribution in [0.3, 0.4) is 0 Å². The number of nitrogens with one attached hydrogen (secondary N) is 2. The molecule has 0 unspecified atom stereocenters. The van der Waals surface area contributed by atoms with Gasteiger partial charge in [-0.25, -0.2) is 4.79 Å². The van der Waals surface area contributed by atoms with E-state index in [1.807, 2.05) is 13.8 Å². The van der Waals surface area contributed by atoms with Crippen LogP contribution in [0.2, 0.25) is 0 Å². The summed E-state index contributed by atoms with van der Waals surface area (Å²) in [5, 5.41) is 13.6. The van der Waals surface area contributed by atoms with Crippen LogP contribution in [-0.2, 0) is 4.79 Å². The molecule has 0 atom stereocenters. The van der Waals surface area contributed by atoms with Gasteiger partial charge in [0.2, 0.25) is 0 Å². The normalized spacial score (nSPS) is 9.93. The highest BCUT2D eigenvalue weighted by molar-refractivity contribution is 5.75. The number of carbonyl (C=O) groups is 2. The van der Waals surface area contributed by atoms with Crippen molar-refractivity contribution in [2.45, 2.75) is 39.2 Å². The third-order valence-electron chi connectivity index (χ3n) is 1.95. The molecule has 0 aromatic carbocycles. The van der Waals surface area contributed by atoms with Gasteiger partial charge in [-0.05, 0) is 12.8 Å². The van der Waals surface area contributed by atoms with Gasteiger partial charge >= 0.3 is 12.0 Å². The highest BCUT2D eigenvalue weighted by Gasteiger charge is 2.07. The molecule has 0 radical (unpaired) electrons. The maximum atomic E-state index is 11.1. The number of hydrogen-bond donors (Lipinski definition) is 3. The molecule has 0 spiro atoms. The van der Waals surface area contributed by atoms with E-state index >= 15 is 0 Å². The highest BCUT2D eigenvalue weighted by atomic mass is 16.4. The predicted molar refractivity (Wildman–Crippen MR) is 53.2 cm³/mol. The summed E-state index contributed by atoms with van der Waals surface area (Å²) in [6.07, 6.45) is 1.71. The minimum atomic E-state index is -0.909. The van der Waals surface area contributed by atoms with Gasteiger partial charge in [-0.3, -0.25) is 4.79 Å². The van der Waals surface area contributed by atoms with Crippen molar-refractivity contribution in [1.29, 1.82) is 0 Å². The van der Waals surface area contributed by atoms with Crippen LogP contribution in [0.25, 0.3) is 0 Å². The van der Waals surface area contributed by atoms with E-state index in [0.717, 1.165) is 12.8 Å². The molecule has 5 nitrogen and oxygen atoms in total. The van der Waals surface area contributed by atoms with Crippen molar-refractivity contribution in [3.63, 3.8) is 0 Å². The van der Waals surface area contributed by atoms with E-state index in [2.05, 4.69) is 10.6 Å². The number of amides is 2. The summed E-state index contributed by atoms with van der Waals surface area (Å²) >= 11 is 0. The monoisotopic (exact) mass is 202 g/mol. The quantitative estimate of drug-likeness (QED) is 0.600. The maximum Gasteiger partial charge on any atom is 0.315 e. The third kappa shape index (κ3) is 6.28. The molecule has 0 aliphatic carbocycles. The lowest BCUT2D eigenvalue weighted by molar-refractivity contribution is -0.136. The van der Waals surface area contributed by atoms with Crippen LogP contribution in [0.1, 0.15) is 33.1 Å². The second kappa shape index (κ2) is 7.17. The van der Waals surface area contributed by atoms with Crippen molar-refractivity contribution in [2.75, 3.05) is 6.54 Å². The minimum Gasteiger partial charge on any atom is -0.481 e. The Morgan fingerprint density at radius 2 is 1.86 bits per heavy atom. The van der Waals surface area contributed by atoms with Crippen LogP contribution in [0.15, 0.2) is 0 Å². The summed E-state index contributed by atoms with van der Waals surface area (Å²) < 4.78 is 0. The lowest BCUT2D eigenvalue weighted by atomic mass is 10.2. The second-order valence-electron chi connectivity index (χ2n) is 3.06. The maximum absolute atomic E-state index is 11.1. The van der Waals surface area contributed by atoms with Crippen LogP contribution in [-0.4, -0.2) is 29.7 Å². The molecule has 2 amide bonds. The molecule has 0 aromatic rings. The molecule has 0 aliphatic rings. The highest BCUT2D eigenvalue weighted by Crippen LogP contribution is 1.94. The average Bonchev–Trinajstić information content (AvgIpc) is 2.13. The third-order valence-corrected chi connectivity index (χ3v) is 1.95. The molecule has 0 saturated carbocycles. The van der Waals surface area contributed by atoms with E-state index in [1.54, 1.807) is 0 Å². The minimum absolute atomic E-state index is 0.0453. The lowest BCUT2D eigenvalue weighted by Crippen LogP contribution is -2.42. The molecule has 5 heteroatoms. The summed E-state index contributed by atoms with van der Waals surface area (Å²) in [5.41, 5.74) is 0. The predicted octanol–water partition coefficient (Wildman–Crippen LogP) is 0.949. The Hall–Kier alpha value is -1.26. The summed E-state index contributed by atoms with van der Waals surface area (Å²) in [5.74, 6) is -0.909. The van der Waals surface area contributed by atoms with Crippen LogP contribution in [0.4, 0.5) is 4.79 Å². The summed E-state index contributed by atoms with van der Waals surface area (Å²) in [4.78, 5) is 21.3. The number of urea groups is 1. The Kier molecular flexibility index (Phi) is 6.53. The van der Waals surface area contributed by atoms with Gasteiger partial charge in [0.15, 0.2) is 0 Å². The first kappa shape index (κ1) is 12.7. The van der Waals surface area contributed by atoms with Gasteiger partial charge in [0.05, 0.1) is 6.42 Å². The second-order valence-corrected chi connectivity index (χ2v) is 3.06. The van der Waals surface area contributed by atoms with Crippen molar-refractivity contribution in [3.05, 3.63) is 0 Å². The Morgan fingerprint density at radius 3 is 2.29 bits per heavy atom. The zero-order chi connectivity index (χ0) is 11.0. The van der Waals surface area contributed by atoms with E-state index < -0.39 is 5.97 Å². The smallest absolute Gasteiger partial charge is 0.315 e. The van der Waals surface area contributed by atoms with E-state index in [1.165, 1.54) is 0 Å². The number of hydrogen-bond acceptors (Lipinski definition) is 2. The molecule has 14 heavy (non-hydrogen) atoms. The summed E-state index contributed by atoms with van der Waals surface area (Å²) in [6, 6.07) is -0.125. The van der Waals surface area contributed by atoms with Gasteiger partial charge in [0.25, 0.3) is 0 Å². The first-order chi connectivity index (χ1) is 6.60. The molecule has 0 fully saturated rings. The van der Waals surface area contributed by atoms with Crippen LogP contribution in [0, 0.1) is 0 Å². The number of aliphatic carboxylic acids is 1. The Balaban J connectivity index is 3.59. The van der Waals surface area contributed by atoms with Gasteiger partial charge in [0.1, 0.15) is 0 Å². The molecule has 0 aromatic heterocycles. The van der Waals surface area contributed by atoms with Crippen LogP contribution < -0.4 is 10.6 Å². The summed E-state index contributed by atoms with van der Waals surface area (Å²) in [6.45, 7) is 4.15. The fraction of sp³-hybridized carbons (Fsp3) is 0.778. The molecule has 0 aliphatic heterocycles. The fourth-order valence-electron chi connectivity index (χ4n) is 1.01. The van der Waals surface area contributed by atoms with Crippen molar-refractivity contribution < 1.29 is 14.7 Å². The van der Waals surface area contributed by atoms with Crippen LogP contribution >= 0.6 is 0 Å². The first-order valence-corrected chi connectivity index (χ1v) is 4.86. The first-order valence-electron chi connectivity index (χ1n) is 4.86. The molecule has 0 heterocycles. The number of rotatable bonds is 6. The van der Waals surface area contributed by atoms with Crippen LogP contribution in [0.5, 0.6) is 0 Å². The van der Waals surface area contributed by atoms with Crippen molar-refractivity contribution in [3.8, 4) is 0 Å². The number of carbonyl (C=O) groups excluding carboxylic acids is 1. The van der Waals surface area contributed by atoms with Gasteiger partial charge in [-0.15, -0.1) is 0 Å². The van der Waals surface area contributed by atoms with Crippen molar-refractivity contribution in [1.82, 2.24) is 10.6 Å². The zero-order valence-electron chi connectivity index (χ0n) is 8.67. The molecule has 0 rings (SSSR count). The van der Waals surface area contributed by atoms with Gasteiger partial charge < -0.3 is 15.7 Å². The topological polar surface area (TPSA) is 78.4 Å². The number of carboxylic acid groups (broad SMARTS) is 1. The molecule has 3 N–H and O–H groups in total. The van der Waals surface area contributed by atoms with Gasteiger partial charge in [0, 0.05) is 12.6 Å². The Bertz CT molecular complexity index is 190. The van der Waals surface area contributed by atoms with E-state index in [9.17, 15) is 9.59 Å². The van der Waals surface area contributed by atoms with Crippen molar-refractivity contribution >= 4 is 12.0 Å². The molecular weight excluding hydrogens is 184 g/mol. The molecule has 82 valence electrons. The van der Waals surface area contributed by atoms with E-state index in [0.29, 0.717) is 0 Å². The Morgan fingerprint density at radius 1 is 1.29 bits per heavy atom. The SMILES string of the molecule is CCC(CC)NC(=O)NCCC(=O)O.